The third kappa shape index (κ3) is 3.99. The van der Waals surface area contributed by atoms with Crippen molar-refractivity contribution >= 4 is 6.08 Å². The summed E-state index contributed by atoms with van der Waals surface area (Å²) in [5, 5.41) is 0. The predicted molar refractivity (Wildman–Crippen MR) is 88.0 cm³/mol. The van der Waals surface area contributed by atoms with Gasteiger partial charge < -0.3 is 9.47 Å². The van der Waals surface area contributed by atoms with E-state index in [1.165, 1.54) is 5.56 Å². The fourth-order valence-corrected chi connectivity index (χ4v) is 2.08. The highest BCUT2D eigenvalue weighted by atomic mass is 16.5. The fourth-order valence-electron chi connectivity index (χ4n) is 2.08. The molecule has 0 fully saturated rings. The van der Waals surface area contributed by atoms with E-state index in [0.29, 0.717) is 0 Å². The molecule has 0 amide bonds. The summed E-state index contributed by atoms with van der Waals surface area (Å²) in [5.41, 5.74) is 2.33. The van der Waals surface area contributed by atoms with Crippen LogP contribution in [0.1, 0.15) is 17.0 Å². The topological polar surface area (TPSA) is 18.5 Å². The van der Waals surface area contributed by atoms with Crippen molar-refractivity contribution < 1.29 is 9.47 Å². The number of methoxy groups -OCH3 is 2. The number of hydrogen-bond donors (Lipinski definition) is 0. The smallest absolute Gasteiger partial charge is 0.118 e. The summed E-state index contributed by atoms with van der Waals surface area (Å²) >= 11 is 0. The molecule has 0 bridgehead atoms. The summed E-state index contributed by atoms with van der Waals surface area (Å²) in [5.74, 6) is 1.90. The molecule has 21 heavy (non-hydrogen) atoms. The van der Waals surface area contributed by atoms with Crippen LogP contribution in [0.25, 0.3) is 6.08 Å². The lowest BCUT2D eigenvalue weighted by Crippen LogP contribution is -1.91. The Balaban J connectivity index is 2.12. The molecule has 0 aliphatic carbocycles. The van der Waals surface area contributed by atoms with Gasteiger partial charge in [-0.2, -0.15) is 0 Å². The number of ether oxygens (including phenoxy) is 2. The molecule has 0 N–H and O–H groups in total. The Bertz CT molecular complexity index is 594. The Hall–Kier alpha value is -2.48. The van der Waals surface area contributed by atoms with Crippen molar-refractivity contribution in [2.24, 2.45) is 0 Å². The van der Waals surface area contributed by atoms with Crippen molar-refractivity contribution in [1.82, 2.24) is 0 Å². The molecule has 2 rings (SSSR count). The monoisotopic (exact) mass is 280 g/mol. The van der Waals surface area contributed by atoms with Crippen LogP contribution >= 0.6 is 0 Å². The van der Waals surface area contributed by atoms with Gasteiger partial charge >= 0.3 is 0 Å². The molecule has 0 saturated carbocycles. The van der Waals surface area contributed by atoms with Gasteiger partial charge in [-0.1, -0.05) is 42.5 Å². The SMILES string of the molecule is C=CC(/C=C/c1ccc(OC)cc1)c1ccc(OC)cc1. The van der Waals surface area contributed by atoms with E-state index in [9.17, 15) is 0 Å². The van der Waals surface area contributed by atoms with Crippen molar-refractivity contribution in [3.63, 3.8) is 0 Å². The minimum absolute atomic E-state index is 0.179. The van der Waals surface area contributed by atoms with E-state index in [1.54, 1.807) is 14.2 Å². The first-order valence-electron chi connectivity index (χ1n) is 6.85. The largest absolute Gasteiger partial charge is 0.497 e. The minimum atomic E-state index is 0.179. The van der Waals surface area contributed by atoms with Gasteiger partial charge in [0.25, 0.3) is 0 Å². The van der Waals surface area contributed by atoms with Gasteiger partial charge in [-0.05, 0) is 35.4 Å². The zero-order valence-corrected chi connectivity index (χ0v) is 12.5. The zero-order chi connectivity index (χ0) is 15.1. The number of rotatable bonds is 6. The molecule has 0 aliphatic rings. The predicted octanol–water partition coefficient (Wildman–Crippen LogP) is 4.69. The van der Waals surface area contributed by atoms with Gasteiger partial charge in [0.05, 0.1) is 14.2 Å². The molecule has 2 nitrogen and oxygen atoms in total. The van der Waals surface area contributed by atoms with Crippen LogP contribution < -0.4 is 9.47 Å². The highest BCUT2D eigenvalue weighted by Crippen LogP contribution is 2.23. The van der Waals surface area contributed by atoms with Crippen molar-refractivity contribution in [3.8, 4) is 11.5 Å². The first-order valence-corrected chi connectivity index (χ1v) is 6.85. The van der Waals surface area contributed by atoms with Gasteiger partial charge in [0.1, 0.15) is 11.5 Å². The van der Waals surface area contributed by atoms with E-state index in [0.717, 1.165) is 17.1 Å². The average Bonchev–Trinajstić information content (AvgIpc) is 2.56. The number of hydrogen-bond acceptors (Lipinski definition) is 2. The quantitative estimate of drug-likeness (QED) is 0.715. The Morgan fingerprint density at radius 3 is 1.86 bits per heavy atom. The van der Waals surface area contributed by atoms with E-state index in [4.69, 9.17) is 9.47 Å². The lowest BCUT2D eigenvalue weighted by molar-refractivity contribution is 0.414. The first kappa shape index (κ1) is 14.9. The van der Waals surface area contributed by atoms with Crippen LogP contribution in [0.4, 0.5) is 0 Å². The zero-order valence-electron chi connectivity index (χ0n) is 12.5. The highest BCUT2D eigenvalue weighted by Gasteiger charge is 2.03. The highest BCUT2D eigenvalue weighted by molar-refractivity contribution is 5.53. The van der Waals surface area contributed by atoms with Gasteiger partial charge in [-0.25, -0.2) is 0 Å². The average molecular weight is 280 g/mol. The lowest BCUT2D eigenvalue weighted by Gasteiger charge is -2.09. The first-order chi connectivity index (χ1) is 10.3. The molecule has 1 unspecified atom stereocenters. The maximum Gasteiger partial charge on any atom is 0.118 e. The Morgan fingerprint density at radius 2 is 1.38 bits per heavy atom. The van der Waals surface area contributed by atoms with Crippen molar-refractivity contribution in [2.45, 2.75) is 5.92 Å². The third-order valence-electron chi connectivity index (χ3n) is 3.37. The molecule has 108 valence electrons. The second-order valence-electron chi connectivity index (χ2n) is 4.67. The molecule has 2 heteroatoms. The van der Waals surface area contributed by atoms with Crippen LogP contribution in [-0.4, -0.2) is 14.2 Å². The molecule has 0 saturated heterocycles. The standard InChI is InChI=1S/C19H20O2/c1-4-16(17-9-13-19(21-3)14-10-17)8-5-15-6-11-18(20-2)12-7-15/h4-14,16H,1H2,2-3H3/b8-5+. The van der Waals surface area contributed by atoms with Crippen LogP contribution in [0.2, 0.25) is 0 Å². The van der Waals surface area contributed by atoms with Crippen LogP contribution in [0, 0.1) is 0 Å². The van der Waals surface area contributed by atoms with Gasteiger partial charge in [0, 0.05) is 5.92 Å². The van der Waals surface area contributed by atoms with E-state index in [-0.39, 0.29) is 5.92 Å². The van der Waals surface area contributed by atoms with Crippen LogP contribution in [-0.2, 0) is 0 Å². The molecular weight excluding hydrogens is 260 g/mol. The van der Waals surface area contributed by atoms with Crippen molar-refractivity contribution in [1.29, 1.82) is 0 Å². The molecule has 2 aromatic rings. The second kappa shape index (κ2) is 7.34. The Kier molecular flexibility index (Phi) is 5.22. The lowest BCUT2D eigenvalue weighted by atomic mass is 9.98. The fraction of sp³-hybridized carbons (Fsp3) is 0.158. The van der Waals surface area contributed by atoms with Crippen molar-refractivity contribution in [2.75, 3.05) is 14.2 Å². The van der Waals surface area contributed by atoms with Gasteiger partial charge in [-0.15, -0.1) is 6.58 Å². The van der Waals surface area contributed by atoms with Crippen LogP contribution in [0.3, 0.4) is 0 Å². The molecule has 0 heterocycles. The second-order valence-corrected chi connectivity index (χ2v) is 4.67. The summed E-state index contributed by atoms with van der Waals surface area (Å²) < 4.78 is 10.3. The summed E-state index contributed by atoms with van der Waals surface area (Å²) in [6.07, 6.45) is 6.16. The summed E-state index contributed by atoms with van der Waals surface area (Å²) in [4.78, 5) is 0. The molecule has 2 aromatic carbocycles. The van der Waals surface area contributed by atoms with Crippen LogP contribution in [0.5, 0.6) is 11.5 Å². The van der Waals surface area contributed by atoms with Gasteiger partial charge in [0.15, 0.2) is 0 Å². The van der Waals surface area contributed by atoms with E-state index in [2.05, 4.69) is 30.9 Å². The van der Waals surface area contributed by atoms with E-state index >= 15 is 0 Å². The maximum absolute atomic E-state index is 5.18. The van der Waals surface area contributed by atoms with E-state index in [1.807, 2.05) is 42.5 Å². The molecular formula is C19H20O2. The summed E-state index contributed by atoms with van der Waals surface area (Å²) in [6.45, 7) is 3.92. The molecule has 1 atom stereocenters. The molecule has 0 spiro atoms. The minimum Gasteiger partial charge on any atom is -0.497 e. The Morgan fingerprint density at radius 1 is 0.857 bits per heavy atom. The van der Waals surface area contributed by atoms with Gasteiger partial charge in [-0.3, -0.25) is 0 Å². The summed E-state index contributed by atoms with van der Waals surface area (Å²) in [6, 6.07) is 16.0. The van der Waals surface area contributed by atoms with Crippen LogP contribution in [0.15, 0.2) is 67.3 Å². The van der Waals surface area contributed by atoms with Gasteiger partial charge in [0.2, 0.25) is 0 Å². The summed E-state index contributed by atoms with van der Waals surface area (Å²) in [7, 11) is 3.34. The third-order valence-corrected chi connectivity index (χ3v) is 3.37. The number of allylic oxidation sites excluding steroid dienone is 2. The number of benzene rings is 2. The molecule has 0 aromatic heterocycles. The molecule has 0 radical (unpaired) electrons. The van der Waals surface area contributed by atoms with E-state index < -0.39 is 0 Å². The Labute approximate surface area is 126 Å². The molecule has 0 aliphatic heterocycles. The maximum atomic E-state index is 5.18. The van der Waals surface area contributed by atoms with Crippen molar-refractivity contribution in [3.05, 3.63) is 78.4 Å². The normalized spacial score (nSPS) is 12.1.